The Balaban J connectivity index is 0.986. The zero-order valence-corrected chi connectivity index (χ0v) is 69.8. The number of carbonyl (C=O) groups is 2. The fourth-order valence-corrected chi connectivity index (χ4v) is 15.4. The number of carbonyl (C=O) groups excluding carboxylic acids is 2. The predicted octanol–water partition coefficient (Wildman–Crippen LogP) is 18.4. The quantitative estimate of drug-likeness (QED) is 0.0126. The molecule has 0 aliphatic heterocycles. The molecule has 2 amide bonds. The average Bonchev–Trinajstić information content (AvgIpc) is 0.776. The highest BCUT2D eigenvalue weighted by Crippen LogP contribution is 2.46. The summed E-state index contributed by atoms with van der Waals surface area (Å²) in [7, 11) is 0. The largest absolute Gasteiger partial charge is 0.493 e. The van der Waals surface area contributed by atoms with Crippen LogP contribution in [0.4, 0.5) is 45.5 Å². The van der Waals surface area contributed by atoms with Crippen LogP contribution < -0.4 is 94.4 Å². The van der Waals surface area contributed by atoms with Crippen molar-refractivity contribution in [2.45, 2.75) is 241 Å². The smallest absolute Gasteiger partial charge is 0.241 e. The van der Waals surface area contributed by atoms with Gasteiger partial charge in [-0.2, -0.15) is 0 Å². The standard InChI is InChI=1S/C95H130N10O10/c1-9-17-28-108-86-60-36-64-48-78(98)52-68(88(64)110-30-19-11-3)40-72-56-82(57-73(92(72)114-34-23-15-7)41-69-53-79(99)49-65(89(69)111-31-20-12-4)37-61(86)45-76(96)44-60)104-94(106)84(102)26-25-27-85(103)95(107)105-83-58-74-42-70-54-80(100)50-66(90(70)112-32-21-13-5)38-62-46-77(97)47-63(87(62)109-29-18-10-2)39-67-51-81(101)55-71(91(67)113-33-22-14-6)43-75(59-83)93(74)115-35-24-16-8/h44-59,84-85H,9-43,96-103H2,1-8H3,(H,104,106)(H,105,107). The van der Waals surface area contributed by atoms with E-state index >= 15 is 0 Å². The first-order chi connectivity index (χ1) is 55.7. The van der Waals surface area contributed by atoms with Crippen molar-refractivity contribution in [3.8, 4) is 46.0 Å². The number of anilines is 8. The van der Waals surface area contributed by atoms with Crippen LogP contribution in [-0.2, 0) is 61.0 Å². The molecule has 8 aromatic carbocycles. The van der Waals surface area contributed by atoms with Gasteiger partial charge in [0.2, 0.25) is 11.8 Å². The van der Waals surface area contributed by atoms with Gasteiger partial charge in [-0.3, -0.25) is 9.59 Å². The van der Waals surface area contributed by atoms with Gasteiger partial charge < -0.3 is 94.4 Å². The number of nitrogen functional groups attached to an aromatic ring is 6. The second-order valence-electron chi connectivity index (χ2n) is 31.4. The molecule has 0 heterocycles. The SMILES string of the molecule is CCCCOc1c2cc(N)cc1Cc1cc(N)cc(c1OCCCC)Cc1cc(NC(=O)C(N)CCCC(N)C(=O)Nc3cc4c(OCCCC)c(c3)Cc3cc(N)cc(c3OCCCC)Cc3cc(N)cc(c3OCCCC)Cc3cc(N)cc(c3OCCCC)C4)cc(c1OCCCC)Cc1cc(N)cc(c1OCCCC)C2. The van der Waals surface area contributed by atoms with Crippen LogP contribution in [0.25, 0.3) is 0 Å². The van der Waals surface area contributed by atoms with Crippen molar-refractivity contribution in [3.05, 3.63) is 186 Å². The van der Waals surface area contributed by atoms with E-state index in [0.29, 0.717) is 168 Å². The lowest BCUT2D eigenvalue weighted by atomic mass is 9.90. The molecule has 0 saturated carbocycles. The van der Waals surface area contributed by atoms with Crippen molar-refractivity contribution in [2.24, 2.45) is 11.5 Å². The molecule has 0 fully saturated rings. The first-order valence-corrected chi connectivity index (χ1v) is 42.7. The highest BCUT2D eigenvalue weighted by molar-refractivity contribution is 5.96. The lowest BCUT2D eigenvalue weighted by Gasteiger charge is -2.24. The van der Waals surface area contributed by atoms with E-state index in [2.05, 4.69) is 66.0 Å². The number of amides is 2. The first-order valence-electron chi connectivity index (χ1n) is 42.7. The zero-order valence-electron chi connectivity index (χ0n) is 69.8. The Hall–Kier alpha value is -10.2. The second kappa shape index (κ2) is 43.5. The minimum Gasteiger partial charge on any atom is -0.493 e. The van der Waals surface area contributed by atoms with Crippen molar-refractivity contribution >= 4 is 57.3 Å². The molecule has 2 aliphatic carbocycles. The summed E-state index contributed by atoms with van der Waals surface area (Å²) in [5, 5.41) is 6.47. The molecule has 2 aliphatic rings. The van der Waals surface area contributed by atoms with Gasteiger partial charge in [0.1, 0.15) is 46.0 Å². The maximum absolute atomic E-state index is 14.8. The molecule has 2 unspecified atom stereocenters. The summed E-state index contributed by atoms with van der Waals surface area (Å²) in [5.74, 6) is 4.97. The number of hydrogen-bond donors (Lipinski definition) is 10. The number of rotatable bonds is 40. The van der Waals surface area contributed by atoms with Crippen molar-refractivity contribution in [1.29, 1.82) is 0 Å². The molecule has 10 rings (SSSR count). The highest BCUT2D eigenvalue weighted by Gasteiger charge is 2.29. The maximum Gasteiger partial charge on any atom is 0.241 e. The summed E-state index contributed by atoms with van der Waals surface area (Å²) < 4.78 is 55.2. The van der Waals surface area contributed by atoms with Crippen molar-refractivity contribution in [1.82, 2.24) is 0 Å². The molecule has 0 radical (unpaired) electrons. The van der Waals surface area contributed by atoms with E-state index in [1.807, 2.05) is 97.1 Å². The molecule has 0 aromatic heterocycles. The minimum atomic E-state index is -0.991. The van der Waals surface area contributed by atoms with Gasteiger partial charge in [-0.25, -0.2) is 0 Å². The minimum absolute atomic E-state index is 0.220. The van der Waals surface area contributed by atoms with Crippen LogP contribution >= 0.6 is 0 Å². The zero-order chi connectivity index (χ0) is 81.9. The summed E-state index contributed by atoms with van der Waals surface area (Å²) in [6.07, 6.45) is 17.9. The summed E-state index contributed by atoms with van der Waals surface area (Å²) >= 11 is 0. The maximum atomic E-state index is 14.8. The second-order valence-corrected chi connectivity index (χ2v) is 31.4. The third-order valence-corrected chi connectivity index (χ3v) is 21.3. The summed E-state index contributed by atoms with van der Waals surface area (Å²) in [6.45, 7) is 21.0. The average molecular weight is 1570 g/mol. The van der Waals surface area contributed by atoms with E-state index in [4.69, 9.17) is 83.8 Å². The molecule has 18 N–H and O–H groups in total. The molecule has 620 valence electrons. The van der Waals surface area contributed by atoms with Gasteiger partial charge in [0, 0.05) is 186 Å². The Bertz CT molecular complexity index is 4070. The van der Waals surface area contributed by atoms with Gasteiger partial charge in [-0.1, -0.05) is 107 Å². The number of nitrogens with two attached hydrogens (primary N) is 8. The predicted molar refractivity (Wildman–Crippen MR) is 471 cm³/mol. The number of hydrogen-bond acceptors (Lipinski definition) is 18. The van der Waals surface area contributed by atoms with Crippen LogP contribution in [0.5, 0.6) is 46.0 Å². The van der Waals surface area contributed by atoms with E-state index in [0.717, 1.165) is 226 Å². The number of fused-ring (bicyclic) bond motifs is 16. The van der Waals surface area contributed by atoms with E-state index in [-0.39, 0.29) is 12.8 Å². The van der Waals surface area contributed by atoms with Crippen LogP contribution in [0, 0.1) is 0 Å². The molecule has 20 heteroatoms. The lowest BCUT2D eigenvalue weighted by molar-refractivity contribution is -0.117. The number of benzene rings is 8. The molecular formula is C95H130N10O10. The molecule has 20 nitrogen and oxygen atoms in total. The third-order valence-electron chi connectivity index (χ3n) is 21.3. The van der Waals surface area contributed by atoms with Crippen molar-refractivity contribution in [3.63, 3.8) is 0 Å². The van der Waals surface area contributed by atoms with E-state index in [1.165, 1.54) is 0 Å². The normalized spacial score (nSPS) is 13.0. The van der Waals surface area contributed by atoms with Gasteiger partial charge in [0.25, 0.3) is 0 Å². The summed E-state index contributed by atoms with van der Waals surface area (Å²) in [6, 6.07) is 29.8. The monoisotopic (exact) mass is 1570 g/mol. The first kappa shape index (κ1) is 87.2. The van der Waals surface area contributed by atoms with E-state index in [9.17, 15) is 9.59 Å². The van der Waals surface area contributed by atoms with Crippen LogP contribution in [0.2, 0.25) is 0 Å². The van der Waals surface area contributed by atoms with E-state index < -0.39 is 23.9 Å². The molecule has 8 aromatic rings. The molecule has 2 atom stereocenters. The van der Waals surface area contributed by atoms with Gasteiger partial charge in [-0.05, 0) is 168 Å². The van der Waals surface area contributed by atoms with Crippen molar-refractivity contribution in [2.75, 3.05) is 97.9 Å². The Morgan fingerprint density at radius 3 is 0.530 bits per heavy atom. The fourth-order valence-electron chi connectivity index (χ4n) is 15.4. The van der Waals surface area contributed by atoms with Crippen LogP contribution in [0.15, 0.2) is 97.1 Å². The Kier molecular flexibility index (Phi) is 33.0. The van der Waals surface area contributed by atoms with Gasteiger partial charge >= 0.3 is 0 Å². The highest BCUT2D eigenvalue weighted by atomic mass is 16.5. The molecule has 16 bridgehead atoms. The van der Waals surface area contributed by atoms with Gasteiger partial charge in [0.05, 0.1) is 64.9 Å². The number of nitrogens with one attached hydrogen (secondary N) is 2. The van der Waals surface area contributed by atoms with Crippen LogP contribution in [0.1, 0.15) is 266 Å². The number of ether oxygens (including phenoxy) is 8. The third kappa shape index (κ3) is 24.0. The Morgan fingerprint density at radius 1 is 0.252 bits per heavy atom. The van der Waals surface area contributed by atoms with Gasteiger partial charge in [-0.15, -0.1) is 0 Å². The summed E-state index contributed by atoms with van der Waals surface area (Å²) in [5.41, 5.74) is 73.9. The molecular weight excluding hydrogens is 1440 g/mol. The van der Waals surface area contributed by atoms with Crippen LogP contribution in [0.3, 0.4) is 0 Å². The molecule has 0 saturated heterocycles. The molecule has 115 heavy (non-hydrogen) atoms. The molecule has 0 spiro atoms. The Labute approximate surface area is 683 Å². The summed E-state index contributed by atoms with van der Waals surface area (Å²) in [4.78, 5) is 29.7. The van der Waals surface area contributed by atoms with E-state index in [1.54, 1.807) is 0 Å². The Morgan fingerprint density at radius 2 is 0.391 bits per heavy atom. The van der Waals surface area contributed by atoms with Crippen LogP contribution in [-0.4, -0.2) is 76.8 Å². The topological polar surface area (TPSA) is 340 Å². The van der Waals surface area contributed by atoms with Gasteiger partial charge in [0.15, 0.2) is 0 Å². The number of unbranched alkanes of at least 4 members (excludes halogenated alkanes) is 8. The van der Waals surface area contributed by atoms with Crippen molar-refractivity contribution < 1.29 is 47.5 Å². The fraction of sp³-hybridized carbons (Fsp3) is 0.474. The lowest BCUT2D eigenvalue weighted by Crippen LogP contribution is -2.38.